The Balaban J connectivity index is 1.85. The fourth-order valence-electron chi connectivity index (χ4n) is 6.54. The molecule has 2 nitrogen and oxygen atoms in total. The lowest BCUT2D eigenvalue weighted by Gasteiger charge is -2.27. The molecule has 2 aromatic rings. The monoisotopic (exact) mass is 559 g/mol. The fourth-order valence-corrected chi connectivity index (χ4v) is 6.54. The molecular weight excluding hydrogens is 508 g/mol. The highest BCUT2D eigenvalue weighted by Crippen LogP contribution is 2.48. The largest absolute Gasteiger partial charge is 0.344 e. The zero-order valence-corrected chi connectivity index (χ0v) is 27.1. The summed E-state index contributed by atoms with van der Waals surface area (Å²) in [6.07, 6.45) is 22.4. The van der Waals surface area contributed by atoms with Gasteiger partial charge >= 0.3 is 0 Å². The van der Waals surface area contributed by atoms with Crippen molar-refractivity contribution in [1.29, 1.82) is 0 Å². The van der Waals surface area contributed by atoms with Gasteiger partial charge in [-0.1, -0.05) is 114 Å². The third-order valence-corrected chi connectivity index (χ3v) is 8.89. The SMILES string of the molecule is C=C/C=C(\C=C/C)C(C=CC1=[N+](CCCC)c2ccccc2C1(C)C)=CC=C1N(CCCC)c2ccccc2C1(C)C. The molecule has 0 saturated heterocycles. The van der Waals surface area contributed by atoms with E-state index in [0.29, 0.717) is 0 Å². The summed E-state index contributed by atoms with van der Waals surface area (Å²) in [5.74, 6) is 0. The van der Waals surface area contributed by atoms with Crippen LogP contribution in [0.1, 0.15) is 85.3 Å². The van der Waals surface area contributed by atoms with E-state index in [1.54, 1.807) is 0 Å². The van der Waals surface area contributed by atoms with E-state index in [1.165, 1.54) is 65.2 Å². The van der Waals surface area contributed by atoms with E-state index in [2.05, 4.69) is 156 Å². The molecule has 2 heteroatoms. The Morgan fingerprint density at radius 1 is 0.833 bits per heavy atom. The molecule has 42 heavy (non-hydrogen) atoms. The van der Waals surface area contributed by atoms with Crippen molar-refractivity contribution in [2.45, 2.75) is 85.0 Å². The van der Waals surface area contributed by atoms with E-state index in [1.807, 2.05) is 6.08 Å². The fraction of sp³-hybridized carbons (Fsp3) is 0.375. The van der Waals surface area contributed by atoms with Crippen molar-refractivity contribution in [2.24, 2.45) is 0 Å². The lowest BCUT2D eigenvalue weighted by Crippen LogP contribution is -2.28. The van der Waals surface area contributed by atoms with Crippen LogP contribution in [-0.4, -0.2) is 23.4 Å². The highest BCUT2D eigenvalue weighted by molar-refractivity contribution is 6.03. The van der Waals surface area contributed by atoms with Crippen molar-refractivity contribution in [2.75, 3.05) is 18.0 Å². The molecule has 0 bridgehead atoms. The highest BCUT2D eigenvalue weighted by atomic mass is 15.2. The number of fused-ring (bicyclic) bond motifs is 2. The van der Waals surface area contributed by atoms with Crippen molar-refractivity contribution < 1.29 is 4.58 Å². The smallest absolute Gasteiger partial charge is 0.209 e. The molecule has 0 aromatic heterocycles. The Bertz CT molecular complexity index is 1470. The van der Waals surface area contributed by atoms with Gasteiger partial charge in [-0.3, -0.25) is 0 Å². The summed E-state index contributed by atoms with van der Waals surface area (Å²) in [4.78, 5) is 2.54. The maximum Gasteiger partial charge on any atom is 0.209 e. The molecule has 0 fully saturated rings. The summed E-state index contributed by atoms with van der Waals surface area (Å²) in [5, 5.41) is 0. The lowest BCUT2D eigenvalue weighted by molar-refractivity contribution is -0.438. The Hall–Kier alpha value is -3.65. The van der Waals surface area contributed by atoms with Crippen LogP contribution in [0, 0.1) is 0 Å². The Morgan fingerprint density at radius 3 is 2.19 bits per heavy atom. The first-order chi connectivity index (χ1) is 20.2. The zero-order valence-electron chi connectivity index (χ0n) is 27.1. The Labute approximate surface area is 255 Å². The minimum Gasteiger partial charge on any atom is -0.344 e. The van der Waals surface area contributed by atoms with Gasteiger partial charge in [-0.05, 0) is 62.1 Å². The number of nitrogens with zero attached hydrogens (tertiary/aromatic N) is 2. The molecular formula is C40H51N2+. The van der Waals surface area contributed by atoms with Gasteiger partial charge in [0.25, 0.3) is 0 Å². The van der Waals surface area contributed by atoms with Crippen molar-refractivity contribution in [3.05, 3.63) is 132 Å². The molecule has 0 spiro atoms. The zero-order chi connectivity index (χ0) is 30.3. The van der Waals surface area contributed by atoms with E-state index in [4.69, 9.17) is 0 Å². The summed E-state index contributed by atoms with van der Waals surface area (Å²) in [6, 6.07) is 17.8. The normalized spacial score (nSPS) is 18.9. The molecule has 0 radical (unpaired) electrons. The van der Waals surface area contributed by atoms with Crippen LogP contribution in [0.25, 0.3) is 0 Å². The van der Waals surface area contributed by atoms with Gasteiger partial charge in [0.05, 0.1) is 5.41 Å². The number of rotatable bonds is 12. The molecule has 0 aliphatic carbocycles. The average molecular weight is 560 g/mol. The van der Waals surface area contributed by atoms with Gasteiger partial charge in [-0.15, -0.1) is 0 Å². The second-order valence-corrected chi connectivity index (χ2v) is 12.5. The number of benzene rings is 2. The number of allylic oxidation sites excluding steroid dienone is 11. The summed E-state index contributed by atoms with van der Waals surface area (Å²) in [5.41, 5.74) is 10.4. The number of anilines is 1. The molecule has 2 aliphatic rings. The third-order valence-electron chi connectivity index (χ3n) is 8.89. The number of hydrogen-bond donors (Lipinski definition) is 0. The first-order valence-electron chi connectivity index (χ1n) is 15.9. The molecule has 0 unspecified atom stereocenters. The van der Waals surface area contributed by atoms with Crippen molar-refractivity contribution in [3.63, 3.8) is 0 Å². The van der Waals surface area contributed by atoms with Crippen LogP contribution in [0.2, 0.25) is 0 Å². The van der Waals surface area contributed by atoms with Crippen LogP contribution in [0.15, 0.2) is 121 Å². The molecule has 220 valence electrons. The van der Waals surface area contributed by atoms with E-state index in [0.717, 1.165) is 18.7 Å². The minimum absolute atomic E-state index is 0.0701. The molecule has 2 heterocycles. The predicted molar refractivity (Wildman–Crippen MR) is 184 cm³/mol. The number of para-hydroxylation sites is 2. The van der Waals surface area contributed by atoms with E-state index in [-0.39, 0.29) is 10.8 Å². The van der Waals surface area contributed by atoms with Crippen molar-refractivity contribution >= 4 is 17.1 Å². The molecule has 0 amide bonds. The average Bonchev–Trinajstić information content (AvgIpc) is 3.33. The van der Waals surface area contributed by atoms with Gasteiger partial charge in [0.15, 0.2) is 5.71 Å². The van der Waals surface area contributed by atoms with E-state index >= 15 is 0 Å². The predicted octanol–water partition coefficient (Wildman–Crippen LogP) is 10.5. The first kappa shape index (κ1) is 31.3. The Kier molecular flexibility index (Phi) is 10.1. The van der Waals surface area contributed by atoms with Gasteiger partial charge in [0.1, 0.15) is 6.54 Å². The van der Waals surface area contributed by atoms with Gasteiger partial charge in [-0.25, -0.2) is 0 Å². The van der Waals surface area contributed by atoms with Crippen LogP contribution >= 0.6 is 0 Å². The van der Waals surface area contributed by atoms with Gasteiger partial charge in [0.2, 0.25) is 5.69 Å². The topological polar surface area (TPSA) is 6.25 Å². The minimum atomic E-state index is -0.0701. The first-order valence-corrected chi connectivity index (χ1v) is 15.9. The molecule has 0 N–H and O–H groups in total. The van der Waals surface area contributed by atoms with Crippen LogP contribution < -0.4 is 4.90 Å². The van der Waals surface area contributed by atoms with E-state index < -0.39 is 0 Å². The highest BCUT2D eigenvalue weighted by Gasteiger charge is 2.44. The second kappa shape index (κ2) is 13.6. The van der Waals surface area contributed by atoms with Gasteiger partial charge in [-0.2, -0.15) is 4.58 Å². The summed E-state index contributed by atoms with van der Waals surface area (Å²) in [7, 11) is 0. The summed E-state index contributed by atoms with van der Waals surface area (Å²) >= 11 is 0. The van der Waals surface area contributed by atoms with Crippen LogP contribution in [0.5, 0.6) is 0 Å². The maximum absolute atomic E-state index is 4.03. The second-order valence-electron chi connectivity index (χ2n) is 12.5. The number of unbranched alkanes of at least 4 members (excludes halogenated alkanes) is 2. The molecule has 4 rings (SSSR count). The molecule has 2 aliphatic heterocycles. The lowest BCUT2D eigenvalue weighted by atomic mass is 9.81. The van der Waals surface area contributed by atoms with Gasteiger partial charge < -0.3 is 4.90 Å². The molecule has 0 atom stereocenters. The molecule has 0 saturated carbocycles. The van der Waals surface area contributed by atoms with Crippen LogP contribution in [0.4, 0.5) is 11.4 Å². The van der Waals surface area contributed by atoms with Crippen molar-refractivity contribution in [1.82, 2.24) is 0 Å². The quantitative estimate of drug-likeness (QED) is 0.185. The molecule has 2 aromatic carbocycles. The summed E-state index contributed by atoms with van der Waals surface area (Å²) < 4.78 is 2.54. The summed E-state index contributed by atoms with van der Waals surface area (Å²) in [6.45, 7) is 22.2. The van der Waals surface area contributed by atoms with Crippen LogP contribution in [-0.2, 0) is 10.8 Å². The van der Waals surface area contributed by atoms with Crippen LogP contribution in [0.3, 0.4) is 0 Å². The maximum atomic E-state index is 4.03. The third kappa shape index (κ3) is 6.09. The van der Waals surface area contributed by atoms with E-state index in [9.17, 15) is 0 Å². The number of hydrogen-bond acceptors (Lipinski definition) is 1. The Morgan fingerprint density at radius 2 is 1.50 bits per heavy atom. The standard InChI is InChI=1S/C40H51N2/c1-9-13-29-41-35-23-17-15-21-33(35)39(5,6)37(41)27-25-32(31(19-11-3)20-12-4)26-28-38-40(7,8)34-22-16-18-24-36(34)42(38)30-14-10-2/h11-12,15-28H,3,9-10,13-14,29-30H2,1-2,4-8H3/q+1/b20-12-,31-19+. The van der Waals surface area contributed by atoms with Gasteiger partial charge in [0, 0.05) is 47.5 Å². The van der Waals surface area contributed by atoms with Crippen molar-refractivity contribution in [3.8, 4) is 0 Å².